The van der Waals surface area contributed by atoms with Gasteiger partial charge in [-0.25, -0.2) is 0 Å². The van der Waals surface area contributed by atoms with Crippen LogP contribution in [0.25, 0.3) is 0 Å². The molecule has 1 N–H and O–H groups in total. The van der Waals surface area contributed by atoms with Crippen LogP contribution in [0.15, 0.2) is 24.3 Å². The number of hydrogen-bond acceptors (Lipinski definition) is 1. The van der Waals surface area contributed by atoms with Crippen molar-refractivity contribution in [2.75, 3.05) is 0 Å². The summed E-state index contributed by atoms with van der Waals surface area (Å²) in [6, 6.07) is 8.57. The fraction of sp³-hybridized carbons (Fsp3) is 0.600. The second-order valence-corrected chi connectivity index (χ2v) is 5.65. The van der Waals surface area contributed by atoms with Crippen LogP contribution in [0.4, 0.5) is 0 Å². The third kappa shape index (κ3) is 2.15. The molecule has 2 aliphatic carbocycles. The standard InChI is InChI=1S/C15H20O/c16-15(9-7-12-5-6-12)10-8-13-3-1-2-4-14(13)11-15/h1-4,12,16H,5-11H2. The van der Waals surface area contributed by atoms with Crippen molar-refractivity contribution < 1.29 is 5.11 Å². The van der Waals surface area contributed by atoms with Gasteiger partial charge in [0.2, 0.25) is 0 Å². The highest BCUT2D eigenvalue weighted by Gasteiger charge is 2.33. The number of rotatable bonds is 3. The van der Waals surface area contributed by atoms with Crippen LogP contribution in [-0.4, -0.2) is 10.7 Å². The average molecular weight is 216 g/mol. The zero-order chi connectivity index (χ0) is 11.0. The van der Waals surface area contributed by atoms with Crippen LogP contribution < -0.4 is 0 Å². The molecule has 0 amide bonds. The van der Waals surface area contributed by atoms with Crippen LogP contribution in [0.5, 0.6) is 0 Å². The van der Waals surface area contributed by atoms with Crippen molar-refractivity contribution in [3.05, 3.63) is 35.4 Å². The van der Waals surface area contributed by atoms with E-state index in [0.29, 0.717) is 0 Å². The molecule has 0 aromatic heterocycles. The van der Waals surface area contributed by atoms with Crippen molar-refractivity contribution in [3.8, 4) is 0 Å². The quantitative estimate of drug-likeness (QED) is 0.823. The first-order valence-electron chi connectivity index (χ1n) is 6.54. The molecule has 0 saturated heterocycles. The molecule has 0 aliphatic heterocycles. The molecular formula is C15H20O. The predicted molar refractivity (Wildman–Crippen MR) is 65.4 cm³/mol. The lowest BCUT2D eigenvalue weighted by Gasteiger charge is -2.33. The molecule has 3 rings (SSSR count). The zero-order valence-electron chi connectivity index (χ0n) is 9.78. The van der Waals surface area contributed by atoms with Gasteiger partial charge in [-0.15, -0.1) is 0 Å². The van der Waals surface area contributed by atoms with Crippen molar-refractivity contribution in [1.82, 2.24) is 0 Å². The molecule has 16 heavy (non-hydrogen) atoms. The van der Waals surface area contributed by atoms with E-state index in [1.165, 1.54) is 30.4 Å². The summed E-state index contributed by atoms with van der Waals surface area (Å²) in [5.41, 5.74) is 2.40. The van der Waals surface area contributed by atoms with E-state index in [0.717, 1.165) is 31.6 Å². The Balaban J connectivity index is 1.70. The minimum atomic E-state index is -0.406. The van der Waals surface area contributed by atoms with Gasteiger partial charge in [0, 0.05) is 6.42 Å². The lowest BCUT2D eigenvalue weighted by molar-refractivity contribution is 0.0147. The summed E-state index contributed by atoms with van der Waals surface area (Å²) >= 11 is 0. The monoisotopic (exact) mass is 216 g/mol. The van der Waals surface area contributed by atoms with Gasteiger partial charge in [-0.05, 0) is 42.7 Å². The smallest absolute Gasteiger partial charge is 0.0691 e. The summed E-state index contributed by atoms with van der Waals surface area (Å²) in [5.74, 6) is 0.932. The Morgan fingerprint density at radius 3 is 2.69 bits per heavy atom. The lowest BCUT2D eigenvalue weighted by atomic mass is 9.78. The highest BCUT2D eigenvalue weighted by Crippen LogP contribution is 2.38. The van der Waals surface area contributed by atoms with Gasteiger partial charge in [0.15, 0.2) is 0 Å². The molecule has 1 atom stereocenters. The number of aliphatic hydroxyl groups is 1. The third-order valence-corrected chi connectivity index (χ3v) is 4.21. The Morgan fingerprint density at radius 1 is 1.19 bits per heavy atom. The summed E-state index contributed by atoms with van der Waals surface area (Å²) in [7, 11) is 0. The fourth-order valence-electron chi connectivity index (χ4n) is 2.88. The Bertz CT molecular complexity index is 381. The molecule has 1 fully saturated rings. The van der Waals surface area contributed by atoms with Crippen LogP contribution in [0.1, 0.15) is 43.2 Å². The van der Waals surface area contributed by atoms with E-state index in [1.54, 1.807) is 0 Å². The van der Waals surface area contributed by atoms with Crippen LogP contribution >= 0.6 is 0 Å². The Kier molecular flexibility index (Phi) is 2.51. The van der Waals surface area contributed by atoms with E-state index < -0.39 is 5.60 Å². The van der Waals surface area contributed by atoms with Crippen LogP contribution in [0.2, 0.25) is 0 Å². The van der Waals surface area contributed by atoms with Gasteiger partial charge in [-0.2, -0.15) is 0 Å². The van der Waals surface area contributed by atoms with E-state index in [1.807, 2.05) is 0 Å². The molecule has 1 saturated carbocycles. The maximum absolute atomic E-state index is 10.6. The van der Waals surface area contributed by atoms with Gasteiger partial charge in [-0.1, -0.05) is 37.1 Å². The number of fused-ring (bicyclic) bond motifs is 1. The maximum atomic E-state index is 10.6. The predicted octanol–water partition coefficient (Wildman–Crippen LogP) is 3.10. The molecular weight excluding hydrogens is 196 g/mol. The van der Waals surface area contributed by atoms with Gasteiger partial charge in [0.25, 0.3) is 0 Å². The summed E-state index contributed by atoms with van der Waals surface area (Å²) in [5, 5.41) is 10.6. The molecule has 86 valence electrons. The Morgan fingerprint density at radius 2 is 1.94 bits per heavy atom. The van der Waals surface area contributed by atoms with Gasteiger partial charge >= 0.3 is 0 Å². The second-order valence-electron chi connectivity index (χ2n) is 5.65. The Labute approximate surface area is 97.5 Å². The van der Waals surface area contributed by atoms with Gasteiger partial charge < -0.3 is 5.11 Å². The minimum absolute atomic E-state index is 0.406. The second kappa shape index (κ2) is 3.89. The Hall–Kier alpha value is -0.820. The first-order chi connectivity index (χ1) is 7.75. The van der Waals surface area contributed by atoms with Crippen molar-refractivity contribution in [1.29, 1.82) is 0 Å². The maximum Gasteiger partial charge on any atom is 0.0691 e. The molecule has 1 aromatic carbocycles. The van der Waals surface area contributed by atoms with Crippen LogP contribution in [-0.2, 0) is 12.8 Å². The first kappa shape index (κ1) is 10.3. The van der Waals surface area contributed by atoms with Gasteiger partial charge in [0.05, 0.1) is 5.60 Å². The van der Waals surface area contributed by atoms with Crippen molar-refractivity contribution in [3.63, 3.8) is 0 Å². The van der Waals surface area contributed by atoms with E-state index in [-0.39, 0.29) is 0 Å². The van der Waals surface area contributed by atoms with Gasteiger partial charge in [0.1, 0.15) is 0 Å². The minimum Gasteiger partial charge on any atom is -0.390 e. The average Bonchev–Trinajstić information content (AvgIpc) is 3.10. The van der Waals surface area contributed by atoms with E-state index >= 15 is 0 Å². The van der Waals surface area contributed by atoms with Crippen molar-refractivity contribution >= 4 is 0 Å². The molecule has 0 heterocycles. The molecule has 1 unspecified atom stereocenters. The molecule has 0 bridgehead atoms. The van der Waals surface area contributed by atoms with Crippen LogP contribution in [0.3, 0.4) is 0 Å². The molecule has 2 aliphatic rings. The molecule has 0 radical (unpaired) electrons. The zero-order valence-corrected chi connectivity index (χ0v) is 9.78. The van der Waals surface area contributed by atoms with E-state index in [9.17, 15) is 5.11 Å². The topological polar surface area (TPSA) is 20.2 Å². The fourth-order valence-corrected chi connectivity index (χ4v) is 2.88. The van der Waals surface area contributed by atoms with Crippen molar-refractivity contribution in [2.45, 2.75) is 50.5 Å². The number of benzene rings is 1. The number of hydrogen-bond donors (Lipinski definition) is 1. The third-order valence-electron chi connectivity index (χ3n) is 4.21. The van der Waals surface area contributed by atoms with Crippen molar-refractivity contribution in [2.24, 2.45) is 5.92 Å². The summed E-state index contributed by atoms with van der Waals surface area (Å²) in [6.07, 6.45) is 7.91. The number of aryl methyl sites for hydroxylation is 1. The highest BCUT2D eigenvalue weighted by molar-refractivity contribution is 5.31. The molecule has 1 heteroatoms. The summed E-state index contributed by atoms with van der Waals surface area (Å²) < 4.78 is 0. The van der Waals surface area contributed by atoms with Gasteiger partial charge in [-0.3, -0.25) is 0 Å². The molecule has 0 spiro atoms. The van der Waals surface area contributed by atoms with E-state index in [4.69, 9.17) is 0 Å². The highest BCUT2D eigenvalue weighted by atomic mass is 16.3. The summed E-state index contributed by atoms with van der Waals surface area (Å²) in [4.78, 5) is 0. The summed E-state index contributed by atoms with van der Waals surface area (Å²) in [6.45, 7) is 0. The van der Waals surface area contributed by atoms with E-state index in [2.05, 4.69) is 24.3 Å². The SMILES string of the molecule is OC1(CCC2CC2)CCc2ccccc2C1. The molecule has 1 aromatic rings. The van der Waals surface area contributed by atoms with Crippen LogP contribution in [0, 0.1) is 5.92 Å². The molecule has 1 nitrogen and oxygen atoms in total. The normalized spacial score (nSPS) is 28.8. The largest absolute Gasteiger partial charge is 0.390 e. The first-order valence-corrected chi connectivity index (χ1v) is 6.54. The lowest BCUT2D eigenvalue weighted by Crippen LogP contribution is -2.35.